The molecule has 4 aliphatic carbocycles. The standard InChI is InChI=1S/C27H34BrNO/c1-18-5-3-4-6-23(18)17-30-26-8-7-25(28)12-24(26)16-29-19(2)27-13-20-9-21(14-27)11-22(10-20)15-27/h3-8,12,19-22,29H,9-11,13-17H2,1-2H3. The SMILES string of the molecule is Cc1ccccc1COc1ccc(Br)cc1CNC(C)C12CC3CC(CC(C3)C1)C2. The zero-order valence-electron chi connectivity index (χ0n) is 18.3. The molecule has 2 nitrogen and oxygen atoms in total. The minimum absolute atomic E-state index is 0.531. The molecule has 4 fully saturated rings. The third-order valence-electron chi connectivity index (χ3n) is 8.27. The highest BCUT2D eigenvalue weighted by molar-refractivity contribution is 9.10. The molecule has 4 bridgehead atoms. The summed E-state index contributed by atoms with van der Waals surface area (Å²) >= 11 is 3.66. The topological polar surface area (TPSA) is 21.3 Å². The van der Waals surface area contributed by atoms with Gasteiger partial charge in [0.05, 0.1) is 0 Å². The second kappa shape index (κ2) is 8.31. The van der Waals surface area contributed by atoms with Crippen LogP contribution in [-0.2, 0) is 13.2 Å². The first-order valence-electron chi connectivity index (χ1n) is 11.7. The number of hydrogen-bond acceptors (Lipinski definition) is 2. The average molecular weight is 468 g/mol. The minimum atomic E-state index is 0.531. The van der Waals surface area contributed by atoms with Gasteiger partial charge in [-0.25, -0.2) is 0 Å². The molecule has 1 unspecified atom stereocenters. The van der Waals surface area contributed by atoms with E-state index >= 15 is 0 Å². The van der Waals surface area contributed by atoms with Gasteiger partial charge < -0.3 is 10.1 Å². The van der Waals surface area contributed by atoms with E-state index in [4.69, 9.17) is 4.74 Å². The van der Waals surface area contributed by atoms with Crippen LogP contribution in [0.25, 0.3) is 0 Å². The Morgan fingerprint density at radius 2 is 1.67 bits per heavy atom. The Labute approximate surface area is 189 Å². The van der Waals surface area contributed by atoms with Crippen LogP contribution in [0, 0.1) is 30.1 Å². The summed E-state index contributed by atoms with van der Waals surface area (Å²) in [7, 11) is 0. The highest BCUT2D eigenvalue weighted by Crippen LogP contribution is 2.61. The smallest absolute Gasteiger partial charge is 0.124 e. The average Bonchev–Trinajstić information content (AvgIpc) is 2.71. The van der Waals surface area contributed by atoms with Gasteiger partial charge in [0.15, 0.2) is 0 Å². The second-order valence-corrected chi connectivity index (χ2v) is 11.3. The molecular weight excluding hydrogens is 434 g/mol. The number of benzene rings is 2. The Balaban J connectivity index is 1.27. The van der Waals surface area contributed by atoms with Crippen LogP contribution in [0.1, 0.15) is 62.1 Å². The monoisotopic (exact) mass is 467 g/mol. The molecule has 1 atom stereocenters. The highest BCUT2D eigenvalue weighted by Gasteiger charge is 2.52. The normalized spacial score (nSPS) is 30.4. The molecule has 2 aromatic carbocycles. The molecule has 160 valence electrons. The van der Waals surface area contributed by atoms with Gasteiger partial charge in [-0.05, 0) is 105 Å². The number of hydrogen-bond donors (Lipinski definition) is 1. The largest absolute Gasteiger partial charge is 0.489 e. The molecule has 4 aliphatic rings. The van der Waals surface area contributed by atoms with E-state index in [2.05, 4.69) is 77.6 Å². The number of halogens is 1. The summed E-state index contributed by atoms with van der Waals surface area (Å²) in [5.74, 6) is 3.99. The van der Waals surface area contributed by atoms with Crippen LogP contribution in [0.4, 0.5) is 0 Å². The van der Waals surface area contributed by atoms with E-state index < -0.39 is 0 Å². The molecule has 4 saturated carbocycles. The van der Waals surface area contributed by atoms with Crippen molar-refractivity contribution in [2.75, 3.05) is 0 Å². The van der Waals surface area contributed by atoms with Crippen LogP contribution in [0.2, 0.25) is 0 Å². The lowest BCUT2D eigenvalue weighted by atomic mass is 9.48. The molecular formula is C27H34BrNO. The molecule has 30 heavy (non-hydrogen) atoms. The van der Waals surface area contributed by atoms with E-state index in [1.807, 2.05) is 0 Å². The molecule has 0 aliphatic heterocycles. The number of ether oxygens (including phenoxy) is 1. The fourth-order valence-electron chi connectivity index (χ4n) is 6.94. The van der Waals surface area contributed by atoms with E-state index in [0.717, 1.165) is 34.5 Å². The van der Waals surface area contributed by atoms with Crippen molar-refractivity contribution in [3.63, 3.8) is 0 Å². The predicted molar refractivity (Wildman–Crippen MR) is 127 cm³/mol. The summed E-state index contributed by atoms with van der Waals surface area (Å²) in [4.78, 5) is 0. The van der Waals surface area contributed by atoms with Crippen molar-refractivity contribution >= 4 is 15.9 Å². The molecule has 0 heterocycles. The fraction of sp³-hybridized carbons (Fsp3) is 0.556. The van der Waals surface area contributed by atoms with Crippen molar-refractivity contribution < 1.29 is 4.74 Å². The first kappa shape index (κ1) is 20.6. The van der Waals surface area contributed by atoms with Crippen molar-refractivity contribution in [3.8, 4) is 5.75 Å². The number of nitrogens with one attached hydrogen (secondary N) is 1. The first-order valence-corrected chi connectivity index (χ1v) is 12.5. The summed E-state index contributed by atoms with van der Waals surface area (Å²) in [5.41, 5.74) is 4.31. The van der Waals surface area contributed by atoms with Gasteiger partial charge in [-0.15, -0.1) is 0 Å². The van der Waals surface area contributed by atoms with Crippen molar-refractivity contribution in [2.24, 2.45) is 23.2 Å². The van der Waals surface area contributed by atoms with Crippen molar-refractivity contribution in [2.45, 2.75) is 71.6 Å². The molecule has 0 amide bonds. The molecule has 0 saturated heterocycles. The second-order valence-electron chi connectivity index (χ2n) is 10.3. The van der Waals surface area contributed by atoms with Crippen LogP contribution < -0.4 is 10.1 Å². The van der Waals surface area contributed by atoms with E-state index in [9.17, 15) is 0 Å². The minimum Gasteiger partial charge on any atom is -0.489 e. The third-order valence-corrected chi connectivity index (χ3v) is 8.76. The van der Waals surface area contributed by atoms with Crippen molar-refractivity contribution in [3.05, 3.63) is 63.6 Å². The maximum atomic E-state index is 6.28. The van der Waals surface area contributed by atoms with Crippen LogP contribution in [0.15, 0.2) is 46.9 Å². The zero-order chi connectivity index (χ0) is 20.7. The lowest BCUT2D eigenvalue weighted by molar-refractivity contribution is -0.0706. The third kappa shape index (κ3) is 4.08. The van der Waals surface area contributed by atoms with E-state index in [1.54, 1.807) is 0 Å². The lowest BCUT2D eigenvalue weighted by Crippen LogP contribution is -2.54. The lowest BCUT2D eigenvalue weighted by Gasteiger charge is -2.59. The van der Waals surface area contributed by atoms with Gasteiger partial charge in [0.2, 0.25) is 0 Å². The molecule has 0 spiro atoms. The number of aryl methyl sites for hydroxylation is 1. The zero-order valence-corrected chi connectivity index (χ0v) is 19.9. The van der Waals surface area contributed by atoms with Gasteiger partial charge >= 0.3 is 0 Å². The van der Waals surface area contributed by atoms with Gasteiger partial charge in [-0.3, -0.25) is 0 Å². The van der Waals surface area contributed by atoms with Gasteiger partial charge in [0, 0.05) is 22.6 Å². The van der Waals surface area contributed by atoms with Crippen molar-refractivity contribution in [1.82, 2.24) is 5.32 Å². The van der Waals surface area contributed by atoms with Gasteiger partial charge in [0.25, 0.3) is 0 Å². The maximum absolute atomic E-state index is 6.28. The summed E-state index contributed by atoms with van der Waals surface area (Å²) in [6.07, 6.45) is 8.87. The Morgan fingerprint density at radius 1 is 1.00 bits per heavy atom. The number of rotatable bonds is 7. The van der Waals surface area contributed by atoms with Crippen LogP contribution in [0.5, 0.6) is 5.75 Å². The summed E-state index contributed by atoms with van der Waals surface area (Å²) in [6, 6.07) is 15.4. The fourth-order valence-corrected chi connectivity index (χ4v) is 7.35. The Hall–Kier alpha value is -1.32. The predicted octanol–water partition coefficient (Wildman–Crippen LogP) is 7.03. The van der Waals surface area contributed by atoms with Crippen LogP contribution >= 0.6 is 15.9 Å². The van der Waals surface area contributed by atoms with Crippen LogP contribution in [0.3, 0.4) is 0 Å². The first-order chi connectivity index (χ1) is 14.5. The summed E-state index contributed by atoms with van der Waals surface area (Å²) < 4.78 is 7.40. The maximum Gasteiger partial charge on any atom is 0.124 e. The quantitative estimate of drug-likeness (QED) is 0.471. The van der Waals surface area contributed by atoms with Crippen molar-refractivity contribution in [1.29, 1.82) is 0 Å². The highest BCUT2D eigenvalue weighted by atomic mass is 79.9. The Bertz CT molecular complexity index is 872. The van der Waals surface area contributed by atoms with Gasteiger partial charge in [-0.2, -0.15) is 0 Å². The molecule has 0 aromatic heterocycles. The van der Waals surface area contributed by atoms with Gasteiger partial charge in [-0.1, -0.05) is 40.2 Å². The molecule has 6 rings (SSSR count). The molecule has 0 radical (unpaired) electrons. The molecule has 3 heteroatoms. The summed E-state index contributed by atoms with van der Waals surface area (Å²) in [5, 5.41) is 3.93. The Morgan fingerprint density at radius 3 is 2.33 bits per heavy atom. The van der Waals surface area contributed by atoms with E-state index in [1.165, 1.54) is 55.2 Å². The molecule has 2 aromatic rings. The Kier molecular flexibility index (Phi) is 5.70. The van der Waals surface area contributed by atoms with Crippen LogP contribution in [-0.4, -0.2) is 6.04 Å². The molecule has 1 N–H and O–H groups in total. The van der Waals surface area contributed by atoms with E-state index in [0.29, 0.717) is 18.1 Å². The summed E-state index contributed by atoms with van der Waals surface area (Å²) in [6.45, 7) is 6.08. The van der Waals surface area contributed by atoms with Gasteiger partial charge in [0.1, 0.15) is 12.4 Å². The van der Waals surface area contributed by atoms with E-state index in [-0.39, 0.29) is 0 Å².